The minimum absolute atomic E-state index is 0.0651. The molecule has 0 aliphatic heterocycles. The van der Waals surface area contributed by atoms with Gasteiger partial charge in [0, 0.05) is 40.4 Å². The second-order valence-electron chi connectivity index (χ2n) is 5.79. The number of para-hydroxylation sites is 1. The molecule has 0 saturated carbocycles. The number of nitrogens with zero attached hydrogens (tertiary/aromatic N) is 3. The summed E-state index contributed by atoms with van der Waals surface area (Å²) in [6.45, 7) is 3.18. The summed E-state index contributed by atoms with van der Waals surface area (Å²) >= 11 is 3.60. The van der Waals surface area contributed by atoms with E-state index in [1.165, 1.54) is 0 Å². The third kappa shape index (κ3) is 3.70. The molecule has 0 aliphatic carbocycles. The summed E-state index contributed by atoms with van der Waals surface area (Å²) in [7, 11) is 0. The summed E-state index contributed by atoms with van der Waals surface area (Å²) in [6, 6.07) is 13.5. The van der Waals surface area contributed by atoms with Crippen molar-refractivity contribution in [3.63, 3.8) is 0 Å². The van der Waals surface area contributed by atoms with Crippen LogP contribution in [0, 0.1) is 18.3 Å². The number of amides is 1. The van der Waals surface area contributed by atoms with Crippen molar-refractivity contribution in [3.8, 4) is 6.07 Å². The summed E-state index contributed by atoms with van der Waals surface area (Å²) < 4.78 is 3.01. The largest absolute Gasteiger partial charge is 0.367 e. The summed E-state index contributed by atoms with van der Waals surface area (Å²) in [5.74, 6) is 0.463. The first-order valence-electron chi connectivity index (χ1n) is 8.21. The summed E-state index contributed by atoms with van der Waals surface area (Å²) in [5.41, 5.74) is 2.53. The van der Waals surface area contributed by atoms with Gasteiger partial charge in [-0.15, -0.1) is 0 Å². The van der Waals surface area contributed by atoms with Crippen molar-refractivity contribution in [1.82, 2.24) is 14.9 Å². The number of rotatable bonds is 6. The Morgan fingerprint density at radius 2 is 2.08 bits per heavy atom. The Morgan fingerprint density at radius 1 is 1.27 bits per heavy atom. The van der Waals surface area contributed by atoms with Gasteiger partial charge in [-0.1, -0.05) is 18.2 Å². The van der Waals surface area contributed by atoms with Crippen LogP contribution < -0.4 is 10.6 Å². The van der Waals surface area contributed by atoms with Crippen LogP contribution in [0.5, 0.6) is 0 Å². The molecule has 0 saturated heterocycles. The number of carbonyl (C=O) groups excluding carboxylic acids is 1. The molecule has 2 N–H and O–H groups in total. The number of fused-ring (bicyclic) bond motifs is 1. The zero-order valence-corrected chi connectivity index (χ0v) is 15.9. The van der Waals surface area contributed by atoms with Gasteiger partial charge in [0.15, 0.2) is 0 Å². The number of hydrogen-bond acceptors (Lipinski definition) is 4. The van der Waals surface area contributed by atoms with E-state index >= 15 is 0 Å². The fraction of sp³-hybridized carbons (Fsp3) is 0.211. The van der Waals surface area contributed by atoms with E-state index in [9.17, 15) is 4.79 Å². The van der Waals surface area contributed by atoms with Gasteiger partial charge in [0.25, 0.3) is 0 Å². The van der Waals surface area contributed by atoms with E-state index in [2.05, 4.69) is 37.6 Å². The molecule has 0 spiro atoms. The van der Waals surface area contributed by atoms with Crippen LogP contribution in [0.15, 0.2) is 47.1 Å². The number of carbonyl (C=O) groups is 1. The van der Waals surface area contributed by atoms with E-state index in [-0.39, 0.29) is 12.5 Å². The fourth-order valence-corrected chi connectivity index (χ4v) is 3.36. The molecule has 0 atom stereocenters. The highest BCUT2D eigenvalue weighted by Gasteiger charge is 2.13. The van der Waals surface area contributed by atoms with Crippen molar-refractivity contribution in [2.75, 3.05) is 18.4 Å². The molecule has 3 aromatic rings. The smallest absolute Gasteiger partial charge is 0.240 e. The lowest BCUT2D eigenvalue weighted by molar-refractivity contribution is -0.121. The minimum Gasteiger partial charge on any atom is -0.367 e. The average Bonchev–Trinajstić information content (AvgIpc) is 2.91. The highest BCUT2D eigenvalue weighted by Crippen LogP contribution is 2.30. The van der Waals surface area contributed by atoms with Crippen LogP contribution in [0.25, 0.3) is 10.9 Å². The number of anilines is 1. The van der Waals surface area contributed by atoms with Crippen LogP contribution in [0.3, 0.4) is 0 Å². The maximum Gasteiger partial charge on any atom is 0.240 e. The molecule has 1 aromatic carbocycles. The van der Waals surface area contributed by atoms with Gasteiger partial charge >= 0.3 is 0 Å². The van der Waals surface area contributed by atoms with Gasteiger partial charge in [0.1, 0.15) is 18.4 Å². The summed E-state index contributed by atoms with van der Waals surface area (Å²) in [5, 5.41) is 16.1. The molecule has 6 nitrogen and oxygen atoms in total. The molecule has 26 heavy (non-hydrogen) atoms. The standard InChI is InChI=1S/C19H18BrN5O/c1-13-18(20)15-6-2-3-7-16(15)25(13)12-17(26)22-9-10-24-19-14(11-21)5-4-8-23-19/h2-8H,9-10,12H2,1H3,(H,22,26)(H,23,24). The second kappa shape index (κ2) is 8.02. The first kappa shape index (κ1) is 18.0. The Balaban J connectivity index is 1.57. The molecular formula is C19H18BrN5O. The van der Waals surface area contributed by atoms with Crippen LogP contribution in [-0.2, 0) is 11.3 Å². The van der Waals surface area contributed by atoms with Gasteiger partial charge in [-0.2, -0.15) is 5.26 Å². The van der Waals surface area contributed by atoms with E-state index in [0.29, 0.717) is 24.5 Å². The maximum atomic E-state index is 12.3. The van der Waals surface area contributed by atoms with Crippen LogP contribution >= 0.6 is 15.9 Å². The maximum absolute atomic E-state index is 12.3. The Labute approximate surface area is 160 Å². The highest BCUT2D eigenvalue weighted by atomic mass is 79.9. The number of aromatic nitrogens is 2. The van der Waals surface area contributed by atoms with Crippen LogP contribution in [-0.4, -0.2) is 28.5 Å². The van der Waals surface area contributed by atoms with Crippen molar-refractivity contribution < 1.29 is 4.79 Å². The van der Waals surface area contributed by atoms with Crippen molar-refractivity contribution in [3.05, 3.63) is 58.3 Å². The molecule has 0 fully saturated rings. The monoisotopic (exact) mass is 411 g/mol. The minimum atomic E-state index is -0.0651. The van der Waals surface area contributed by atoms with Gasteiger partial charge in [-0.3, -0.25) is 4.79 Å². The fourth-order valence-electron chi connectivity index (χ4n) is 2.81. The summed E-state index contributed by atoms with van der Waals surface area (Å²) in [6.07, 6.45) is 1.62. The number of nitriles is 1. The summed E-state index contributed by atoms with van der Waals surface area (Å²) in [4.78, 5) is 16.4. The van der Waals surface area contributed by atoms with Crippen molar-refractivity contribution >= 4 is 38.6 Å². The Morgan fingerprint density at radius 3 is 2.88 bits per heavy atom. The second-order valence-corrected chi connectivity index (χ2v) is 6.58. The van der Waals surface area contributed by atoms with Crippen molar-refractivity contribution in [2.45, 2.75) is 13.5 Å². The number of hydrogen-bond donors (Lipinski definition) is 2. The number of halogens is 1. The predicted molar refractivity (Wildman–Crippen MR) is 105 cm³/mol. The van der Waals surface area contributed by atoms with Gasteiger partial charge in [0.2, 0.25) is 5.91 Å². The van der Waals surface area contributed by atoms with E-state index in [4.69, 9.17) is 5.26 Å². The number of benzene rings is 1. The molecule has 1 amide bonds. The molecule has 7 heteroatoms. The molecule has 3 rings (SSSR count). The Hall–Kier alpha value is -2.85. The Bertz CT molecular complexity index is 989. The average molecular weight is 412 g/mol. The zero-order chi connectivity index (χ0) is 18.5. The van der Waals surface area contributed by atoms with Crippen molar-refractivity contribution in [1.29, 1.82) is 5.26 Å². The lowest BCUT2D eigenvalue weighted by Crippen LogP contribution is -2.32. The normalized spacial score (nSPS) is 10.5. The predicted octanol–water partition coefficient (Wildman–Crippen LogP) is 3.21. The molecule has 2 heterocycles. The number of nitrogens with one attached hydrogen (secondary N) is 2. The van der Waals surface area contributed by atoms with Crippen molar-refractivity contribution in [2.24, 2.45) is 0 Å². The van der Waals surface area contributed by atoms with E-state index < -0.39 is 0 Å². The number of pyridine rings is 1. The van der Waals surface area contributed by atoms with Crippen LogP contribution in [0.2, 0.25) is 0 Å². The van der Waals surface area contributed by atoms with E-state index in [1.54, 1.807) is 18.3 Å². The third-order valence-corrected chi connectivity index (χ3v) is 5.12. The van der Waals surface area contributed by atoms with Gasteiger partial charge in [0.05, 0.1) is 5.56 Å². The topological polar surface area (TPSA) is 82.7 Å². The van der Waals surface area contributed by atoms with Gasteiger partial charge < -0.3 is 15.2 Å². The zero-order valence-electron chi connectivity index (χ0n) is 14.3. The molecule has 0 radical (unpaired) electrons. The SMILES string of the molecule is Cc1c(Br)c2ccccc2n1CC(=O)NCCNc1ncccc1C#N. The molecular weight excluding hydrogens is 394 g/mol. The van der Waals surface area contributed by atoms with Crippen LogP contribution in [0.1, 0.15) is 11.3 Å². The third-order valence-electron chi connectivity index (χ3n) is 4.12. The molecule has 0 aliphatic rings. The lowest BCUT2D eigenvalue weighted by atomic mass is 10.2. The van der Waals surface area contributed by atoms with Crippen LogP contribution in [0.4, 0.5) is 5.82 Å². The van der Waals surface area contributed by atoms with Gasteiger partial charge in [-0.05, 0) is 41.1 Å². The highest BCUT2D eigenvalue weighted by molar-refractivity contribution is 9.10. The van der Waals surface area contributed by atoms with E-state index in [1.807, 2.05) is 35.8 Å². The molecule has 0 unspecified atom stereocenters. The molecule has 0 bridgehead atoms. The first-order valence-corrected chi connectivity index (χ1v) is 9.00. The van der Waals surface area contributed by atoms with E-state index in [0.717, 1.165) is 21.1 Å². The Kier molecular flexibility index (Phi) is 5.54. The molecule has 132 valence electrons. The molecule has 2 aromatic heterocycles. The quantitative estimate of drug-likeness (QED) is 0.610. The lowest BCUT2D eigenvalue weighted by Gasteiger charge is -2.10. The van der Waals surface area contributed by atoms with Gasteiger partial charge in [-0.25, -0.2) is 4.98 Å². The first-order chi connectivity index (χ1) is 12.6.